The summed E-state index contributed by atoms with van der Waals surface area (Å²) in [7, 11) is 0. The van der Waals surface area contributed by atoms with Crippen LogP contribution in [0, 0.1) is 5.92 Å². The molecule has 1 aliphatic heterocycles. The molecule has 0 bridgehead atoms. The van der Waals surface area contributed by atoms with E-state index in [1.807, 2.05) is 0 Å². The molecule has 2 N–H and O–H groups in total. The van der Waals surface area contributed by atoms with Gasteiger partial charge >= 0.3 is 0 Å². The van der Waals surface area contributed by atoms with Gasteiger partial charge in [0, 0.05) is 6.54 Å². The van der Waals surface area contributed by atoms with Gasteiger partial charge in [-0.1, -0.05) is 39.0 Å². The Labute approximate surface area is 105 Å². The van der Waals surface area contributed by atoms with Gasteiger partial charge in [-0.3, -0.25) is 4.99 Å². The summed E-state index contributed by atoms with van der Waals surface area (Å²) in [6.45, 7) is 4.37. The van der Waals surface area contributed by atoms with Gasteiger partial charge in [0.25, 0.3) is 0 Å². The molecule has 2 aliphatic rings. The summed E-state index contributed by atoms with van der Waals surface area (Å²) in [5.41, 5.74) is 5.97. The molecular weight excluding hydrogens is 210 g/mol. The van der Waals surface area contributed by atoms with Gasteiger partial charge < -0.3 is 10.6 Å². The van der Waals surface area contributed by atoms with Gasteiger partial charge in [-0.25, -0.2) is 0 Å². The maximum Gasteiger partial charge on any atom is 0.191 e. The summed E-state index contributed by atoms with van der Waals surface area (Å²) < 4.78 is 0. The molecule has 0 radical (unpaired) electrons. The summed E-state index contributed by atoms with van der Waals surface area (Å²) in [5.74, 6) is 1.71. The molecule has 1 atom stereocenters. The van der Waals surface area contributed by atoms with Crippen LogP contribution in [0.25, 0.3) is 0 Å². The highest BCUT2D eigenvalue weighted by atomic mass is 15.3. The summed E-state index contributed by atoms with van der Waals surface area (Å²) in [6, 6.07) is 0.609. The van der Waals surface area contributed by atoms with Gasteiger partial charge in [-0.15, -0.1) is 0 Å². The predicted molar refractivity (Wildman–Crippen MR) is 73.1 cm³/mol. The SMILES string of the molecule is CCCCCCCC1CN=C(N)N1CC1CC1. The minimum atomic E-state index is 0.609. The van der Waals surface area contributed by atoms with E-state index in [4.69, 9.17) is 5.73 Å². The van der Waals surface area contributed by atoms with Crippen LogP contribution in [0.5, 0.6) is 0 Å². The smallest absolute Gasteiger partial charge is 0.191 e. The van der Waals surface area contributed by atoms with Crippen LogP contribution < -0.4 is 5.73 Å². The van der Waals surface area contributed by atoms with Crippen LogP contribution in [0.4, 0.5) is 0 Å². The first-order chi connectivity index (χ1) is 8.31. The zero-order valence-corrected chi connectivity index (χ0v) is 11.2. The number of nitrogens with two attached hydrogens (primary N) is 1. The van der Waals surface area contributed by atoms with E-state index < -0.39 is 0 Å². The molecule has 1 unspecified atom stereocenters. The quantitative estimate of drug-likeness (QED) is 0.660. The second-order valence-electron chi connectivity index (χ2n) is 5.65. The molecular formula is C14H27N3. The zero-order valence-electron chi connectivity index (χ0n) is 11.2. The molecule has 0 aromatic carbocycles. The van der Waals surface area contributed by atoms with Crippen LogP contribution >= 0.6 is 0 Å². The summed E-state index contributed by atoms with van der Waals surface area (Å²) in [5, 5.41) is 0. The molecule has 0 amide bonds. The second kappa shape index (κ2) is 6.27. The molecule has 3 heteroatoms. The number of nitrogens with zero attached hydrogens (tertiary/aromatic N) is 2. The van der Waals surface area contributed by atoms with Crippen molar-refractivity contribution in [3.05, 3.63) is 0 Å². The fourth-order valence-electron chi connectivity index (χ4n) is 2.63. The lowest BCUT2D eigenvalue weighted by molar-refractivity contribution is 0.305. The predicted octanol–water partition coefficient (Wildman–Crippen LogP) is 2.76. The highest BCUT2D eigenvalue weighted by Gasteiger charge is 2.31. The van der Waals surface area contributed by atoms with Gasteiger partial charge in [-0.05, 0) is 25.2 Å². The molecule has 1 saturated carbocycles. The lowest BCUT2D eigenvalue weighted by atomic mass is 10.1. The summed E-state index contributed by atoms with van der Waals surface area (Å²) in [6.07, 6.45) is 10.9. The van der Waals surface area contributed by atoms with Gasteiger partial charge in [0.1, 0.15) is 0 Å². The van der Waals surface area contributed by atoms with Crippen molar-refractivity contribution in [2.75, 3.05) is 13.1 Å². The van der Waals surface area contributed by atoms with Crippen LogP contribution in [0.15, 0.2) is 4.99 Å². The summed E-state index contributed by atoms with van der Waals surface area (Å²) >= 11 is 0. The molecule has 0 spiro atoms. The molecule has 1 aliphatic carbocycles. The van der Waals surface area contributed by atoms with E-state index in [0.717, 1.165) is 25.0 Å². The largest absolute Gasteiger partial charge is 0.370 e. The lowest BCUT2D eigenvalue weighted by Gasteiger charge is -2.26. The Morgan fingerprint density at radius 1 is 1.24 bits per heavy atom. The standard InChI is InChI=1S/C14H27N3/c1-2-3-4-5-6-7-13-10-16-14(15)17(13)11-12-8-9-12/h12-13H,2-11H2,1H3,(H2,15,16). The highest BCUT2D eigenvalue weighted by Crippen LogP contribution is 2.31. The van der Waals surface area contributed by atoms with E-state index >= 15 is 0 Å². The third-order valence-corrected chi connectivity index (χ3v) is 3.99. The van der Waals surface area contributed by atoms with Crippen LogP contribution in [0.3, 0.4) is 0 Å². The van der Waals surface area contributed by atoms with Crippen LogP contribution in [0.2, 0.25) is 0 Å². The lowest BCUT2D eigenvalue weighted by Crippen LogP contribution is -2.41. The van der Waals surface area contributed by atoms with Crippen molar-refractivity contribution < 1.29 is 0 Å². The van der Waals surface area contributed by atoms with Crippen molar-refractivity contribution in [1.29, 1.82) is 0 Å². The maximum absolute atomic E-state index is 5.97. The number of hydrogen-bond acceptors (Lipinski definition) is 3. The van der Waals surface area contributed by atoms with E-state index in [9.17, 15) is 0 Å². The van der Waals surface area contributed by atoms with E-state index in [1.54, 1.807) is 0 Å². The Morgan fingerprint density at radius 3 is 2.71 bits per heavy atom. The Kier molecular flexibility index (Phi) is 4.69. The molecule has 98 valence electrons. The molecule has 3 nitrogen and oxygen atoms in total. The van der Waals surface area contributed by atoms with Gasteiger partial charge in [-0.2, -0.15) is 0 Å². The van der Waals surface area contributed by atoms with E-state index in [-0.39, 0.29) is 0 Å². The summed E-state index contributed by atoms with van der Waals surface area (Å²) in [4.78, 5) is 6.79. The number of unbranched alkanes of at least 4 members (excludes halogenated alkanes) is 4. The number of aliphatic imine (C=N–C) groups is 1. The number of guanidine groups is 1. The molecule has 17 heavy (non-hydrogen) atoms. The van der Waals surface area contributed by atoms with Crippen LogP contribution in [-0.4, -0.2) is 30.0 Å². The zero-order chi connectivity index (χ0) is 12.1. The van der Waals surface area contributed by atoms with Gasteiger partial charge in [0.05, 0.1) is 12.6 Å². The van der Waals surface area contributed by atoms with Crippen molar-refractivity contribution in [1.82, 2.24) is 4.90 Å². The topological polar surface area (TPSA) is 41.6 Å². The van der Waals surface area contributed by atoms with Crippen molar-refractivity contribution in [3.63, 3.8) is 0 Å². The molecule has 0 aromatic rings. The average molecular weight is 237 g/mol. The van der Waals surface area contributed by atoms with Crippen molar-refractivity contribution in [2.45, 2.75) is 64.3 Å². The van der Waals surface area contributed by atoms with Crippen molar-refractivity contribution in [2.24, 2.45) is 16.6 Å². The number of hydrogen-bond donors (Lipinski definition) is 1. The maximum atomic E-state index is 5.97. The second-order valence-corrected chi connectivity index (χ2v) is 5.65. The van der Waals surface area contributed by atoms with Crippen molar-refractivity contribution in [3.8, 4) is 0 Å². The Balaban J connectivity index is 1.65. The van der Waals surface area contributed by atoms with Crippen LogP contribution in [-0.2, 0) is 0 Å². The average Bonchev–Trinajstić information content (AvgIpc) is 3.07. The van der Waals surface area contributed by atoms with E-state index in [0.29, 0.717) is 6.04 Å². The van der Waals surface area contributed by atoms with Crippen LogP contribution in [0.1, 0.15) is 58.3 Å². The van der Waals surface area contributed by atoms with Gasteiger partial charge in [0.15, 0.2) is 5.96 Å². The molecule has 2 rings (SSSR count). The first-order valence-electron chi connectivity index (χ1n) is 7.37. The number of rotatable bonds is 8. The minimum Gasteiger partial charge on any atom is -0.370 e. The van der Waals surface area contributed by atoms with Gasteiger partial charge in [0.2, 0.25) is 0 Å². The molecule has 1 heterocycles. The molecule has 0 aromatic heterocycles. The van der Waals surface area contributed by atoms with E-state index in [2.05, 4.69) is 16.8 Å². The fourth-order valence-corrected chi connectivity index (χ4v) is 2.63. The third kappa shape index (κ3) is 3.90. The molecule has 1 fully saturated rings. The Bertz CT molecular complexity index is 258. The van der Waals surface area contributed by atoms with Crippen molar-refractivity contribution >= 4 is 5.96 Å². The molecule has 0 saturated heterocycles. The Hall–Kier alpha value is -0.730. The van der Waals surface area contributed by atoms with E-state index in [1.165, 1.54) is 51.4 Å². The third-order valence-electron chi connectivity index (χ3n) is 3.99. The first-order valence-corrected chi connectivity index (χ1v) is 7.37. The normalized spacial score (nSPS) is 24.2. The minimum absolute atomic E-state index is 0.609. The monoisotopic (exact) mass is 237 g/mol. The Morgan fingerprint density at radius 2 is 2.00 bits per heavy atom. The fraction of sp³-hybridized carbons (Fsp3) is 0.929. The highest BCUT2D eigenvalue weighted by molar-refractivity contribution is 5.80. The first kappa shape index (κ1) is 12.7.